The van der Waals surface area contributed by atoms with Gasteiger partial charge in [-0.2, -0.15) is 0 Å². The minimum atomic E-state index is -0.407. The summed E-state index contributed by atoms with van der Waals surface area (Å²) >= 11 is 0. The second-order valence-corrected chi connectivity index (χ2v) is 4.11. The van der Waals surface area contributed by atoms with Gasteiger partial charge in [0.1, 0.15) is 6.61 Å². The Hall–Kier alpha value is -1.62. The number of morpholine rings is 1. The van der Waals surface area contributed by atoms with Gasteiger partial charge in [-0.15, -0.1) is 0 Å². The molecule has 0 radical (unpaired) electrons. The highest BCUT2D eigenvalue weighted by molar-refractivity contribution is 5.92. The molecule has 1 saturated heterocycles. The molecule has 0 saturated carbocycles. The minimum Gasteiger partial charge on any atom is -0.445 e. The summed E-state index contributed by atoms with van der Waals surface area (Å²) in [6, 6.07) is -0.250. The quantitative estimate of drug-likeness (QED) is 0.563. The molecule has 0 aromatic heterocycles. The number of carbonyl (C=O) groups excluding carboxylic acids is 2. The van der Waals surface area contributed by atoms with E-state index in [1.165, 1.54) is 13.0 Å². The van der Waals surface area contributed by atoms with Gasteiger partial charge in [-0.3, -0.25) is 9.69 Å². The SMILES string of the molecule is C=CCOC(=O)N1CCOC[C@H]1C=C(C)C(C)=O. The van der Waals surface area contributed by atoms with Crippen molar-refractivity contribution in [1.82, 2.24) is 4.90 Å². The van der Waals surface area contributed by atoms with E-state index in [-0.39, 0.29) is 18.4 Å². The van der Waals surface area contributed by atoms with Gasteiger partial charge in [0.15, 0.2) is 5.78 Å². The predicted octanol–water partition coefficient (Wildman–Crippen LogP) is 1.55. The molecular formula is C13H19NO4. The summed E-state index contributed by atoms with van der Waals surface area (Å²) in [5, 5.41) is 0. The molecule has 1 rings (SSSR count). The number of allylic oxidation sites excluding steroid dienone is 1. The standard InChI is InChI=1S/C13H19NO4/c1-4-6-18-13(16)14-5-7-17-9-12(14)8-10(2)11(3)15/h4,8,12H,1,5-7,9H2,2-3H3/t12-/m1/s1. The normalized spacial score (nSPS) is 20.4. The molecule has 1 amide bonds. The van der Waals surface area contributed by atoms with Crippen molar-refractivity contribution in [2.45, 2.75) is 19.9 Å². The van der Waals surface area contributed by atoms with Crippen LogP contribution in [-0.4, -0.2) is 49.2 Å². The monoisotopic (exact) mass is 253 g/mol. The van der Waals surface area contributed by atoms with Crippen molar-refractivity contribution in [3.05, 3.63) is 24.3 Å². The van der Waals surface area contributed by atoms with E-state index in [1.807, 2.05) is 0 Å². The lowest BCUT2D eigenvalue weighted by atomic mass is 10.1. The zero-order valence-corrected chi connectivity index (χ0v) is 10.8. The summed E-state index contributed by atoms with van der Waals surface area (Å²) in [5.74, 6) is -0.0139. The molecule has 1 aliphatic heterocycles. The number of ketones is 1. The summed E-state index contributed by atoms with van der Waals surface area (Å²) in [6.45, 7) is 8.21. The van der Waals surface area contributed by atoms with Crippen LogP contribution in [0.15, 0.2) is 24.3 Å². The third kappa shape index (κ3) is 4.00. The van der Waals surface area contributed by atoms with Gasteiger partial charge in [0, 0.05) is 6.54 Å². The topological polar surface area (TPSA) is 55.8 Å². The van der Waals surface area contributed by atoms with Gasteiger partial charge in [0.2, 0.25) is 0 Å². The van der Waals surface area contributed by atoms with Crippen molar-refractivity contribution >= 4 is 11.9 Å². The Morgan fingerprint density at radius 3 is 2.83 bits per heavy atom. The van der Waals surface area contributed by atoms with Gasteiger partial charge in [-0.05, 0) is 19.4 Å². The molecule has 0 spiro atoms. The van der Waals surface area contributed by atoms with Crippen LogP contribution in [0.3, 0.4) is 0 Å². The van der Waals surface area contributed by atoms with Crippen LogP contribution >= 0.6 is 0 Å². The Bertz CT molecular complexity index is 362. The molecule has 5 heteroatoms. The lowest BCUT2D eigenvalue weighted by Gasteiger charge is -2.33. The Labute approximate surface area is 107 Å². The van der Waals surface area contributed by atoms with Gasteiger partial charge in [0.05, 0.1) is 19.3 Å². The largest absolute Gasteiger partial charge is 0.445 e. The molecule has 100 valence electrons. The van der Waals surface area contributed by atoms with Crippen LogP contribution in [0.4, 0.5) is 4.79 Å². The highest BCUT2D eigenvalue weighted by atomic mass is 16.6. The van der Waals surface area contributed by atoms with Crippen LogP contribution in [0.25, 0.3) is 0 Å². The van der Waals surface area contributed by atoms with E-state index in [4.69, 9.17) is 9.47 Å². The molecule has 1 fully saturated rings. The Balaban J connectivity index is 2.73. The molecule has 1 heterocycles. The van der Waals surface area contributed by atoms with Gasteiger partial charge < -0.3 is 9.47 Å². The average Bonchev–Trinajstić information content (AvgIpc) is 2.36. The molecule has 1 aliphatic rings. The van der Waals surface area contributed by atoms with Crippen molar-refractivity contribution in [2.24, 2.45) is 0 Å². The number of hydrogen-bond acceptors (Lipinski definition) is 4. The van der Waals surface area contributed by atoms with Gasteiger partial charge in [-0.1, -0.05) is 18.7 Å². The third-order valence-electron chi connectivity index (χ3n) is 2.72. The molecule has 0 N–H and O–H groups in total. The van der Waals surface area contributed by atoms with Crippen LogP contribution in [0.5, 0.6) is 0 Å². The van der Waals surface area contributed by atoms with Gasteiger partial charge in [0.25, 0.3) is 0 Å². The maximum Gasteiger partial charge on any atom is 0.410 e. The lowest BCUT2D eigenvalue weighted by Crippen LogP contribution is -2.48. The fourth-order valence-corrected chi connectivity index (χ4v) is 1.61. The van der Waals surface area contributed by atoms with E-state index in [0.29, 0.717) is 25.3 Å². The van der Waals surface area contributed by atoms with Crippen molar-refractivity contribution < 1.29 is 19.1 Å². The molecule has 18 heavy (non-hydrogen) atoms. The van der Waals surface area contributed by atoms with E-state index < -0.39 is 6.09 Å². The average molecular weight is 253 g/mol. The first-order chi connectivity index (χ1) is 8.56. The Kier molecular flexibility index (Phi) is 5.58. The van der Waals surface area contributed by atoms with Crippen LogP contribution in [0, 0.1) is 0 Å². The molecule has 0 aromatic carbocycles. The van der Waals surface area contributed by atoms with E-state index in [0.717, 1.165) is 0 Å². The third-order valence-corrected chi connectivity index (χ3v) is 2.72. The number of ether oxygens (including phenoxy) is 2. The summed E-state index contributed by atoms with van der Waals surface area (Å²) in [7, 11) is 0. The summed E-state index contributed by atoms with van der Waals surface area (Å²) < 4.78 is 10.3. The number of hydrogen-bond donors (Lipinski definition) is 0. The first-order valence-electron chi connectivity index (χ1n) is 5.87. The van der Waals surface area contributed by atoms with E-state index in [9.17, 15) is 9.59 Å². The number of carbonyl (C=O) groups is 2. The Morgan fingerprint density at radius 2 is 2.22 bits per heavy atom. The van der Waals surface area contributed by atoms with E-state index in [1.54, 1.807) is 17.9 Å². The van der Waals surface area contributed by atoms with Gasteiger partial charge >= 0.3 is 6.09 Å². The van der Waals surface area contributed by atoms with Crippen molar-refractivity contribution in [3.63, 3.8) is 0 Å². The highest BCUT2D eigenvalue weighted by Gasteiger charge is 2.27. The molecular weight excluding hydrogens is 234 g/mol. The maximum atomic E-state index is 11.8. The van der Waals surface area contributed by atoms with Crippen LogP contribution in [0.2, 0.25) is 0 Å². The summed E-state index contributed by atoms with van der Waals surface area (Å²) in [5.41, 5.74) is 0.618. The van der Waals surface area contributed by atoms with Gasteiger partial charge in [-0.25, -0.2) is 4.79 Å². The fourth-order valence-electron chi connectivity index (χ4n) is 1.61. The van der Waals surface area contributed by atoms with E-state index >= 15 is 0 Å². The van der Waals surface area contributed by atoms with Crippen LogP contribution < -0.4 is 0 Å². The molecule has 1 atom stereocenters. The molecule has 0 aromatic rings. The van der Waals surface area contributed by atoms with E-state index in [2.05, 4.69) is 6.58 Å². The Morgan fingerprint density at radius 1 is 1.50 bits per heavy atom. The van der Waals surface area contributed by atoms with Crippen molar-refractivity contribution in [1.29, 1.82) is 0 Å². The first kappa shape index (κ1) is 14.4. The maximum absolute atomic E-state index is 11.8. The first-order valence-corrected chi connectivity index (χ1v) is 5.87. The summed E-state index contributed by atoms with van der Waals surface area (Å²) in [4.78, 5) is 24.6. The minimum absolute atomic E-state index is 0.0139. The fraction of sp³-hybridized carbons (Fsp3) is 0.538. The van der Waals surface area contributed by atoms with Crippen molar-refractivity contribution in [2.75, 3.05) is 26.4 Å². The van der Waals surface area contributed by atoms with Crippen LogP contribution in [-0.2, 0) is 14.3 Å². The number of rotatable bonds is 4. The number of Topliss-reactive ketones (excluding diaryl/α,β-unsaturated/α-hetero) is 1. The van der Waals surface area contributed by atoms with Crippen LogP contribution in [0.1, 0.15) is 13.8 Å². The predicted molar refractivity (Wildman–Crippen MR) is 67.3 cm³/mol. The highest BCUT2D eigenvalue weighted by Crippen LogP contribution is 2.12. The summed E-state index contributed by atoms with van der Waals surface area (Å²) in [6.07, 6.45) is 2.86. The molecule has 0 unspecified atom stereocenters. The zero-order valence-electron chi connectivity index (χ0n) is 10.8. The number of nitrogens with zero attached hydrogens (tertiary/aromatic N) is 1. The smallest absolute Gasteiger partial charge is 0.410 e. The van der Waals surface area contributed by atoms with Crippen molar-refractivity contribution in [3.8, 4) is 0 Å². The lowest BCUT2D eigenvalue weighted by molar-refractivity contribution is -0.113. The second kappa shape index (κ2) is 6.96. The molecule has 5 nitrogen and oxygen atoms in total. The zero-order chi connectivity index (χ0) is 13.5. The number of amides is 1. The second-order valence-electron chi connectivity index (χ2n) is 4.11. The molecule has 0 bridgehead atoms. The molecule has 0 aliphatic carbocycles.